The Labute approximate surface area is 89.0 Å². The molecule has 0 aliphatic carbocycles. The third kappa shape index (κ3) is 1.48. The molecule has 0 aliphatic rings. The standard InChI is InChI=1S/C8H8BrN5/c1-14-8(11-12-13-14)6-4-5(10)2-3-7(6)9/h2-4H,10H2,1H3. The molecule has 72 valence electrons. The first-order chi connectivity index (χ1) is 6.68. The minimum Gasteiger partial charge on any atom is -0.399 e. The molecule has 0 amide bonds. The van der Waals surface area contributed by atoms with Crippen molar-refractivity contribution >= 4 is 21.6 Å². The molecule has 0 spiro atoms. The van der Waals surface area contributed by atoms with Crippen molar-refractivity contribution in [2.75, 3.05) is 5.73 Å². The smallest absolute Gasteiger partial charge is 0.182 e. The summed E-state index contributed by atoms with van der Waals surface area (Å²) in [6, 6.07) is 5.52. The molecule has 2 aromatic rings. The number of nitrogens with two attached hydrogens (primary N) is 1. The molecule has 1 heterocycles. The lowest BCUT2D eigenvalue weighted by molar-refractivity contribution is 0.714. The van der Waals surface area contributed by atoms with Crippen LogP contribution in [0.3, 0.4) is 0 Å². The van der Waals surface area contributed by atoms with Gasteiger partial charge in [0.15, 0.2) is 5.82 Å². The summed E-state index contributed by atoms with van der Waals surface area (Å²) >= 11 is 3.42. The average molecular weight is 254 g/mol. The highest BCUT2D eigenvalue weighted by Crippen LogP contribution is 2.27. The number of hydrogen-bond acceptors (Lipinski definition) is 4. The van der Waals surface area contributed by atoms with Gasteiger partial charge in [-0.1, -0.05) is 15.9 Å². The third-order valence-electron chi connectivity index (χ3n) is 1.85. The van der Waals surface area contributed by atoms with E-state index < -0.39 is 0 Å². The number of benzene rings is 1. The van der Waals surface area contributed by atoms with E-state index >= 15 is 0 Å². The lowest BCUT2D eigenvalue weighted by Gasteiger charge is -2.03. The topological polar surface area (TPSA) is 69.6 Å². The van der Waals surface area contributed by atoms with Gasteiger partial charge in [-0.2, -0.15) is 0 Å². The summed E-state index contributed by atoms with van der Waals surface area (Å²) in [5.41, 5.74) is 7.26. The number of aryl methyl sites for hydroxylation is 1. The summed E-state index contributed by atoms with van der Waals surface area (Å²) in [6.07, 6.45) is 0. The fourth-order valence-corrected chi connectivity index (χ4v) is 1.60. The molecule has 2 rings (SSSR count). The van der Waals surface area contributed by atoms with E-state index in [-0.39, 0.29) is 0 Å². The molecule has 0 atom stereocenters. The third-order valence-corrected chi connectivity index (χ3v) is 2.54. The average Bonchev–Trinajstić information content (AvgIpc) is 2.56. The number of halogens is 1. The van der Waals surface area contributed by atoms with Gasteiger partial charge in [0.2, 0.25) is 0 Å². The maximum Gasteiger partial charge on any atom is 0.182 e. The molecule has 0 saturated carbocycles. The first kappa shape index (κ1) is 9.14. The van der Waals surface area contributed by atoms with Gasteiger partial charge >= 0.3 is 0 Å². The van der Waals surface area contributed by atoms with Crippen LogP contribution < -0.4 is 5.73 Å². The van der Waals surface area contributed by atoms with Gasteiger partial charge in [0.05, 0.1) is 0 Å². The number of aromatic nitrogens is 4. The zero-order valence-electron chi connectivity index (χ0n) is 7.48. The van der Waals surface area contributed by atoms with E-state index in [2.05, 4.69) is 31.5 Å². The van der Waals surface area contributed by atoms with Gasteiger partial charge in [0.1, 0.15) is 0 Å². The predicted molar refractivity (Wildman–Crippen MR) is 56.3 cm³/mol. The Balaban J connectivity index is 2.62. The Morgan fingerprint density at radius 2 is 2.21 bits per heavy atom. The van der Waals surface area contributed by atoms with Gasteiger partial charge in [-0.15, -0.1) is 5.10 Å². The Hall–Kier alpha value is -1.43. The maximum absolute atomic E-state index is 5.68. The van der Waals surface area contributed by atoms with Crippen molar-refractivity contribution in [3.05, 3.63) is 22.7 Å². The fraction of sp³-hybridized carbons (Fsp3) is 0.125. The van der Waals surface area contributed by atoms with Crippen molar-refractivity contribution in [1.29, 1.82) is 0 Å². The lowest BCUT2D eigenvalue weighted by atomic mass is 10.2. The molecule has 0 bridgehead atoms. The molecular formula is C8H8BrN5. The van der Waals surface area contributed by atoms with Gasteiger partial charge in [0.25, 0.3) is 0 Å². The van der Waals surface area contributed by atoms with Crippen molar-refractivity contribution in [2.24, 2.45) is 7.05 Å². The molecule has 1 aromatic heterocycles. The van der Waals surface area contributed by atoms with Crippen LogP contribution in [0.5, 0.6) is 0 Å². The van der Waals surface area contributed by atoms with E-state index in [0.29, 0.717) is 11.5 Å². The van der Waals surface area contributed by atoms with E-state index in [1.807, 2.05) is 18.2 Å². The summed E-state index contributed by atoms with van der Waals surface area (Å²) in [6.45, 7) is 0. The minimum atomic E-state index is 0.684. The second kappa shape index (κ2) is 3.38. The number of tetrazole rings is 1. The monoisotopic (exact) mass is 253 g/mol. The largest absolute Gasteiger partial charge is 0.399 e. The summed E-state index contributed by atoms with van der Waals surface area (Å²) in [5, 5.41) is 11.2. The van der Waals surface area contributed by atoms with E-state index in [0.717, 1.165) is 10.0 Å². The molecule has 0 saturated heterocycles. The number of rotatable bonds is 1. The van der Waals surface area contributed by atoms with Gasteiger partial charge in [-0.3, -0.25) is 0 Å². The van der Waals surface area contributed by atoms with Crippen LogP contribution in [0.4, 0.5) is 5.69 Å². The minimum absolute atomic E-state index is 0.684. The molecular weight excluding hydrogens is 246 g/mol. The van der Waals surface area contributed by atoms with Crippen LogP contribution in [-0.4, -0.2) is 20.2 Å². The Morgan fingerprint density at radius 1 is 1.43 bits per heavy atom. The molecule has 6 heteroatoms. The Bertz CT molecular complexity index is 465. The summed E-state index contributed by atoms with van der Waals surface area (Å²) in [5.74, 6) is 0.684. The zero-order chi connectivity index (χ0) is 10.1. The molecule has 0 fully saturated rings. The highest BCUT2D eigenvalue weighted by atomic mass is 79.9. The molecule has 0 aliphatic heterocycles. The Kier molecular flexibility index (Phi) is 2.20. The van der Waals surface area contributed by atoms with Crippen LogP contribution >= 0.6 is 15.9 Å². The van der Waals surface area contributed by atoms with E-state index in [9.17, 15) is 0 Å². The highest BCUT2D eigenvalue weighted by Gasteiger charge is 2.09. The fourth-order valence-electron chi connectivity index (χ4n) is 1.17. The van der Waals surface area contributed by atoms with Crippen LogP contribution in [0.2, 0.25) is 0 Å². The molecule has 0 radical (unpaired) electrons. The van der Waals surface area contributed by atoms with Crippen molar-refractivity contribution in [3.63, 3.8) is 0 Å². The maximum atomic E-state index is 5.68. The second-order valence-corrected chi connectivity index (χ2v) is 3.72. The van der Waals surface area contributed by atoms with Crippen molar-refractivity contribution in [2.45, 2.75) is 0 Å². The molecule has 5 nitrogen and oxygen atoms in total. The Morgan fingerprint density at radius 3 is 2.86 bits per heavy atom. The van der Waals surface area contributed by atoms with Gasteiger partial charge in [0, 0.05) is 22.8 Å². The number of nitrogen functional groups attached to an aromatic ring is 1. The van der Waals surface area contributed by atoms with E-state index in [1.54, 1.807) is 11.7 Å². The number of anilines is 1. The van der Waals surface area contributed by atoms with E-state index in [1.165, 1.54) is 0 Å². The lowest BCUT2D eigenvalue weighted by Crippen LogP contribution is -1.96. The van der Waals surface area contributed by atoms with Crippen molar-refractivity contribution < 1.29 is 0 Å². The van der Waals surface area contributed by atoms with Crippen LogP contribution in [0.1, 0.15) is 0 Å². The van der Waals surface area contributed by atoms with Gasteiger partial charge in [-0.25, -0.2) is 4.68 Å². The molecule has 0 unspecified atom stereocenters. The zero-order valence-corrected chi connectivity index (χ0v) is 9.06. The molecule has 14 heavy (non-hydrogen) atoms. The van der Waals surface area contributed by atoms with Crippen LogP contribution in [-0.2, 0) is 7.05 Å². The summed E-state index contributed by atoms with van der Waals surface area (Å²) in [7, 11) is 1.78. The van der Waals surface area contributed by atoms with Crippen LogP contribution in [0, 0.1) is 0 Å². The van der Waals surface area contributed by atoms with Crippen LogP contribution in [0.25, 0.3) is 11.4 Å². The highest BCUT2D eigenvalue weighted by molar-refractivity contribution is 9.10. The van der Waals surface area contributed by atoms with Crippen molar-refractivity contribution in [1.82, 2.24) is 20.2 Å². The van der Waals surface area contributed by atoms with Gasteiger partial charge in [-0.05, 0) is 28.6 Å². The SMILES string of the molecule is Cn1nnnc1-c1cc(N)ccc1Br. The first-order valence-corrected chi connectivity index (χ1v) is 4.75. The second-order valence-electron chi connectivity index (χ2n) is 2.87. The first-order valence-electron chi connectivity index (χ1n) is 3.96. The summed E-state index contributed by atoms with van der Waals surface area (Å²) < 4.78 is 2.52. The molecule has 2 N–H and O–H groups in total. The number of hydrogen-bond donors (Lipinski definition) is 1. The van der Waals surface area contributed by atoms with Gasteiger partial charge < -0.3 is 5.73 Å². The predicted octanol–water partition coefficient (Wildman–Crippen LogP) is 1.22. The number of nitrogens with zero attached hydrogens (tertiary/aromatic N) is 4. The van der Waals surface area contributed by atoms with Crippen LogP contribution in [0.15, 0.2) is 22.7 Å². The normalized spacial score (nSPS) is 10.4. The van der Waals surface area contributed by atoms with Crippen molar-refractivity contribution in [3.8, 4) is 11.4 Å². The summed E-state index contributed by atoms with van der Waals surface area (Å²) in [4.78, 5) is 0. The molecule has 1 aromatic carbocycles. The quantitative estimate of drug-likeness (QED) is 0.777. The van der Waals surface area contributed by atoms with E-state index in [4.69, 9.17) is 5.73 Å².